The molecule has 1 aromatic heterocycles. The maximum absolute atomic E-state index is 2.13. The smallest absolute Gasteiger partial charge is 0.00208 e. The third kappa shape index (κ3) is 3.22. The van der Waals surface area contributed by atoms with Crippen LogP contribution < -0.4 is 0 Å². The molecule has 1 heteroatoms. The van der Waals surface area contributed by atoms with Gasteiger partial charge < -0.3 is 0 Å². The van der Waals surface area contributed by atoms with Crippen LogP contribution in [-0.4, -0.2) is 0 Å². The summed E-state index contributed by atoms with van der Waals surface area (Å²) in [5.41, 5.74) is 2.49. The number of benzene rings is 1. The number of allylic oxidation sites excluding steroid dienone is 2. The molecule has 0 aliphatic rings. The van der Waals surface area contributed by atoms with E-state index in [1.54, 1.807) is 11.3 Å². The Kier molecular flexibility index (Phi) is 3.53. The lowest BCUT2D eigenvalue weighted by atomic mass is 10.2. The molecule has 0 aliphatic heterocycles. The fourth-order valence-corrected chi connectivity index (χ4v) is 1.90. The highest BCUT2D eigenvalue weighted by atomic mass is 32.1. The Balaban J connectivity index is 1.96. The first-order chi connectivity index (χ1) is 7.45. The van der Waals surface area contributed by atoms with Gasteiger partial charge in [0.15, 0.2) is 0 Å². The first kappa shape index (κ1) is 9.94. The monoisotopic (exact) mass is 212 g/mol. The largest absolute Gasteiger partial charge is 0.152 e. The van der Waals surface area contributed by atoms with Crippen molar-refractivity contribution in [1.29, 1.82) is 0 Å². The van der Waals surface area contributed by atoms with Crippen molar-refractivity contribution < 1.29 is 0 Å². The normalized spacial score (nSPS) is 11.5. The van der Waals surface area contributed by atoms with Gasteiger partial charge in [0.2, 0.25) is 0 Å². The predicted molar refractivity (Wildman–Crippen MR) is 68.8 cm³/mol. The third-order valence-corrected chi connectivity index (χ3v) is 2.73. The molecule has 0 unspecified atom stereocenters. The zero-order chi connectivity index (χ0) is 10.3. The van der Waals surface area contributed by atoms with E-state index in [0.29, 0.717) is 0 Å². The van der Waals surface area contributed by atoms with Crippen LogP contribution in [0.4, 0.5) is 0 Å². The Morgan fingerprint density at radius 3 is 2.20 bits per heavy atom. The minimum absolute atomic E-state index is 1.23. The lowest BCUT2D eigenvalue weighted by Gasteiger charge is -1.88. The molecule has 0 nitrogen and oxygen atoms in total. The Morgan fingerprint density at radius 1 is 0.800 bits per heavy atom. The number of hydrogen-bond acceptors (Lipinski definition) is 1. The van der Waals surface area contributed by atoms with Crippen molar-refractivity contribution in [1.82, 2.24) is 0 Å². The van der Waals surface area contributed by atoms with E-state index < -0.39 is 0 Å². The maximum atomic E-state index is 2.13. The lowest BCUT2D eigenvalue weighted by molar-refractivity contribution is 1.66. The molecule has 15 heavy (non-hydrogen) atoms. The summed E-state index contributed by atoms with van der Waals surface area (Å²) >= 11 is 1.72. The highest BCUT2D eigenvalue weighted by Crippen LogP contribution is 2.08. The summed E-state index contributed by atoms with van der Waals surface area (Å²) in [4.78, 5) is 0. The topological polar surface area (TPSA) is 0 Å². The van der Waals surface area contributed by atoms with Crippen LogP contribution in [0.5, 0.6) is 0 Å². The highest BCUT2D eigenvalue weighted by molar-refractivity contribution is 7.08. The van der Waals surface area contributed by atoms with Crippen LogP contribution in [0.3, 0.4) is 0 Å². The van der Waals surface area contributed by atoms with Gasteiger partial charge in [0.1, 0.15) is 0 Å². The summed E-state index contributed by atoms with van der Waals surface area (Å²) in [5.74, 6) is 0. The molecule has 0 bridgehead atoms. The summed E-state index contributed by atoms with van der Waals surface area (Å²) in [6.45, 7) is 0. The van der Waals surface area contributed by atoms with Crippen LogP contribution in [0.2, 0.25) is 0 Å². The molecule has 0 radical (unpaired) electrons. The van der Waals surface area contributed by atoms with Crippen LogP contribution in [0.1, 0.15) is 11.1 Å². The summed E-state index contributed by atoms with van der Waals surface area (Å²) in [5, 5.41) is 4.22. The number of hydrogen-bond donors (Lipinski definition) is 0. The van der Waals surface area contributed by atoms with Gasteiger partial charge in [-0.3, -0.25) is 0 Å². The molecule has 0 saturated heterocycles. The van der Waals surface area contributed by atoms with Crippen LogP contribution >= 0.6 is 11.3 Å². The average Bonchev–Trinajstić information content (AvgIpc) is 2.79. The van der Waals surface area contributed by atoms with Crippen molar-refractivity contribution in [3.8, 4) is 0 Å². The predicted octanol–water partition coefficient (Wildman–Crippen LogP) is 4.47. The second-order valence-electron chi connectivity index (χ2n) is 3.19. The van der Waals surface area contributed by atoms with Crippen LogP contribution in [0, 0.1) is 0 Å². The van der Waals surface area contributed by atoms with Gasteiger partial charge in [0.05, 0.1) is 0 Å². The number of rotatable bonds is 3. The Morgan fingerprint density at radius 2 is 1.53 bits per heavy atom. The van der Waals surface area contributed by atoms with E-state index in [2.05, 4.69) is 53.3 Å². The fraction of sp³-hybridized carbons (Fsp3) is 0. The molecule has 2 aromatic rings. The molecule has 1 heterocycles. The van der Waals surface area contributed by atoms with E-state index in [1.807, 2.05) is 18.2 Å². The Bertz CT molecular complexity index is 435. The minimum atomic E-state index is 1.23. The van der Waals surface area contributed by atoms with Crippen molar-refractivity contribution in [2.24, 2.45) is 0 Å². The summed E-state index contributed by atoms with van der Waals surface area (Å²) in [7, 11) is 0. The first-order valence-electron chi connectivity index (χ1n) is 4.87. The molecule has 0 atom stereocenters. The molecule has 1 aromatic carbocycles. The van der Waals surface area contributed by atoms with Crippen LogP contribution in [0.25, 0.3) is 12.2 Å². The van der Waals surface area contributed by atoms with Gasteiger partial charge in [-0.15, -0.1) is 0 Å². The molecule has 0 fully saturated rings. The average molecular weight is 212 g/mol. The van der Waals surface area contributed by atoms with Gasteiger partial charge in [-0.1, -0.05) is 54.6 Å². The van der Waals surface area contributed by atoms with Gasteiger partial charge in [-0.05, 0) is 28.0 Å². The van der Waals surface area contributed by atoms with Gasteiger partial charge >= 0.3 is 0 Å². The van der Waals surface area contributed by atoms with Gasteiger partial charge in [-0.2, -0.15) is 11.3 Å². The quantitative estimate of drug-likeness (QED) is 0.658. The van der Waals surface area contributed by atoms with Gasteiger partial charge in [0, 0.05) is 0 Å². The highest BCUT2D eigenvalue weighted by Gasteiger charge is 1.83. The fourth-order valence-electron chi connectivity index (χ4n) is 1.27. The van der Waals surface area contributed by atoms with Crippen molar-refractivity contribution in [3.05, 3.63) is 70.4 Å². The third-order valence-electron chi connectivity index (χ3n) is 2.03. The van der Waals surface area contributed by atoms with E-state index in [4.69, 9.17) is 0 Å². The minimum Gasteiger partial charge on any atom is -0.152 e. The molecule has 0 saturated carbocycles. The van der Waals surface area contributed by atoms with Crippen molar-refractivity contribution in [2.45, 2.75) is 0 Å². The molecular weight excluding hydrogens is 200 g/mol. The standard InChI is InChI=1S/C14H12S/c1-2-6-13(7-3-1)8-4-5-9-14-10-11-15-12-14/h1-12H/b8-4+,9-5+. The molecular formula is C14H12S. The van der Waals surface area contributed by atoms with E-state index in [9.17, 15) is 0 Å². The molecule has 0 spiro atoms. The van der Waals surface area contributed by atoms with E-state index in [1.165, 1.54) is 11.1 Å². The van der Waals surface area contributed by atoms with Gasteiger partial charge in [-0.25, -0.2) is 0 Å². The van der Waals surface area contributed by atoms with Crippen molar-refractivity contribution in [2.75, 3.05) is 0 Å². The Labute approximate surface area is 94.2 Å². The maximum Gasteiger partial charge on any atom is -0.00208 e. The van der Waals surface area contributed by atoms with Crippen LogP contribution in [-0.2, 0) is 0 Å². The summed E-state index contributed by atoms with van der Waals surface area (Å²) in [6, 6.07) is 12.4. The second kappa shape index (κ2) is 5.32. The lowest BCUT2D eigenvalue weighted by Crippen LogP contribution is -1.66. The van der Waals surface area contributed by atoms with Crippen molar-refractivity contribution in [3.63, 3.8) is 0 Å². The van der Waals surface area contributed by atoms with E-state index >= 15 is 0 Å². The second-order valence-corrected chi connectivity index (χ2v) is 3.97. The molecule has 2 rings (SSSR count). The zero-order valence-corrected chi connectivity index (χ0v) is 9.15. The van der Waals surface area contributed by atoms with E-state index in [0.717, 1.165) is 0 Å². The summed E-state index contributed by atoms with van der Waals surface area (Å²) in [6.07, 6.45) is 8.33. The first-order valence-corrected chi connectivity index (χ1v) is 5.81. The number of thiophene rings is 1. The zero-order valence-electron chi connectivity index (χ0n) is 8.34. The van der Waals surface area contributed by atoms with Gasteiger partial charge in [0.25, 0.3) is 0 Å². The molecule has 0 N–H and O–H groups in total. The van der Waals surface area contributed by atoms with E-state index in [-0.39, 0.29) is 0 Å². The Hall–Kier alpha value is -1.60. The molecule has 74 valence electrons. The van der Waals surface area contributed by atoms with Crippen molar-refractivity contribution >= 4 is 23.5 Å². The summed E-state index contributed by atoms with van der Waals surface area (Å²) < 4.78 is 0. The molecule has 0 amide bonds. The SMILES string of the molecule is C(/C=C/c1ccsc1)=C\c1ccccc1. The molecule has 0 aliphatic carbocycles. The van der Waals surface area contributed by atoms with Crippen LogP contribution in [0.15, 0.2) is 59.3 Å².